The van der Waals surface area contributed by atoms with Crippen LogP contribution in [-0.2, 0) is 49.5 Å². The summed E-state index contributed by atoms with van der Waals surface area (Å²) < 4.78 is 116. The van der Waals surface area contributed by atoms with Crippen molar-refractivity contribution in [2.45, 2.75) is 34.5 Å². The highest BCUT2D eigenvalue weighted by Gasteiger charge is 2.23. The molecule has 0 unspecified atom stereocenters. The van der Waals surface area contributed by atoms with Crippen LogP contribution < -0.4 is 10.6 Å². The lowest BCUT2D eigenvalue weighted by atomic mass is 10.1. The van der Waals surface area contributed by atoms with Gasteiger partial charge in [-0.25, -0.2) is 16.8 Å². The third-order valence-corrected chi connectivity index (χ3v) is 11.7. The highest BCUT2D eigenvalue weighted by molar-refractivity contribution is 7.94. The molecule has 0 saturated heterocycles. The fourth-order valence-corrected chi connectivity index (χ4v) is 7.29. The number of phenols is 1. The lowest BCUT2D eigenvalue weighted by molar-refractivity contribution is -0.116. The molecular formula is C32H30N6O13S4. The molecular weight excluding hydrogens is 805 g/mol. The molecule has 0 fully saturated rings. The fourth-order valence-electron chi connectivity index (χ4n) is 4.71. The quantitative estimate of drug-likeness (QED) is 0.0676. The van der Waals surface area contributed by atoms with Crippen LogP contribution in [0.15, 0.2) is 120 Å². The third kappa shape index (κ3) is 10.7. The molecule has 2 amide bonds. The van der Waals surface area contributed by atoms with Crippen LogP contribution in [0.4, 0.5) is 34.1 Å². The first-order valence-electron chi connectivity index (χ1n) is 15.2. The monoisotopic (exact) mass is 834 g/mol. The lowest BCUT2D eigenvalue weighted by Gasteiger charge is -2.13. The predicted molar refractivity (Wildman–Crippen MR) is 200 cm³/mol. The molecule has 4 aromatic carbocycles. The van der Waals surface area contributed by atoms with E-state index in [-0.39, 0.29) is 56.9 Å². The molecule has 290 valence electrons. The number of azo groups is 2. The van der Waals surface area contributed by atoms with Gasteiger partial charge in [0.15, 0.2) is 19.7 Å². The number of nitrogens with one attached hydrogen (secondary N) is 2. The van der Waals surface area contributed by atoms with Crippen LogP contribution in [0.2, 0.25) is 0 Å². The van der Waals surface area contributed by atoms with Crippen LogP contribution in [-0.4, -0.2) is 65.5 Å². The van der Waals surface area contributed by atoms with E-state index in [4.69, 9.17) is 0 Å². The van der Waals surface area contributed by atoms with Crippen molar-refractivity contribution in [3.05, 3.63) is 84.6 Å². The zero-order chi connectivity index (χ0) is 40.9. The first-order valence-corrected chi connectivity index (χ1v) is 21.4. The van der Waals surface area contributed by atoms with E-state index in [0.29, 0.717) is 6.07 Å². The number of nitrogens with zero attached hydrogens (tertiary/aromatic N) is 4. The smallest absolute Gasteiger partial charge is 0.296 e. The maximum Gasteiger partial charge on any atom is 0.296 e. The van der Waals surface area contributed by atoms with Gasteiger partial charge in [0.1, 0.15) is 27.7 Å². The largest absolute Gasteiger partial charge is 0.507 e. The van der Waals surface area contributed by atoms with Gasteiger partial charge in [0.25, 0.3) is 20.2 Å². The highest BCUT2D eigenvalue weighted by Crippen LogP contribution is 2.43. The second kappa shape index (κ2) is 16.3. The summed E-state index contributed by atoms with van der Waals surface area (Å²) >= 11 is 0. The number of anilines is 2. The Balaban J connectivity index is 1.91. The summed E-state index contributed by atoms with van der Waals surface area (Å²) in [6.07, 6.45) is -0.511. The maximum atomic E-state index is 13.0. The lowest BCUT2D eigenvalue weighted by Crippen LogP contribution is -2.13. The molecule has 0 aliphatic rings. The molecule has 0 heterocycles. The van der Waals surface area contributed by atoms with Gasteiger partial charge in [0.05, 0.1) is 38.0 Å². The van der Waals surface area contributed by atoms with Gasteiger partial charge in [-0.15, -0.1) is 15.3 Å². The normalized spacial score (nSPS) is 12.6. The first kappa shape index (κ1) is 42.0. The minimum atomic E-state index is -5.18. The van der Waals surface area contributed by atoms with Crippen LogP contribution in [0.25, 0.3) is 10.8 Å². The van der Waals surface area contributed by atoms with Crippen molar-refractivity contribution in [1.29, 1.82) is 0 Å². The third-order valence-electron chi connectivity index (χ3n) is 7.28. The van der Waals surface area contributed by atoms with E-state index in [9.17, 15) is 57.5 Å². The SMILES string of the molecule is C=CS(=O)(=O)CCCC(=O)Nc1cc(N=Nc2c(NC(C)=O)ccc3cc(S(=O)(=O)O)cc(O)c23)c(S(=O)(=O)O)cc1N=Nc1ccc(S(=O)(=O)C=C)cc1. The van der Waals surface area contributed by atoms with Crippen molar-refractivity contribution in [2.24, 2.45) is 20.5 Å². The summed E-state index contributed by atoms with van der Waals surface area (Å²) in [5.74, 6) is -2.58. The molecule has 5 N–H and O–H groups in total. The van der Waals surface area contributed by atoms with Crippen LogP contribution in [0.3, 0.4) is 0 Å². The molecule has 23 heteroatoms. The average molecular weight is 835 g/mol. The molecule has 0 atom stereocenters. The Bertz CT molecular complexity index is 2750. The van der Waals surface area contributed by atoms with Crippen LogP contribution >= 0.6 is 0 Å². The van der Waals surface area contributed by atoms with E-state index < -0.39 is 78.7 Å². The van der Waals surface area contributed by atoms with Gasteiger partial charge >= 0.3 is 0 Å². The zero-order valence-electron chi connectivity index (χ0n) is 28.3. The van der Waals surface area contributed by atoms with E-state index in [2.05, 4.69) is 44.2 Å². The van der Waals surface area contributed by atoms with Crippen molar-refractivity contribution in [1.82, 2.24) is 0 Å². The predicted octanol–water partition coefficient (Wildman–Crippen LogP) is 6.02. The first-order chi connectivity index (χ1) is 25.5. The zero-order valence-corrected chi connectivity index (χ0v) is 31.6. The molecule has 0 saturated carbocycles. The van der Waals surface area contributed by atoms with Gasteiger partial charge in [-0.2, -0.15) is 21.9 Å². The van der Waals surface area contributed by atoms with Crippen molar-refractivity contribution in [3.8, 4) is 5.75 Å². The molecule has 0 radical (unpaired) electrons. The van der Waals surface area contributed by atoms with Gasteiger partial charge in [-0.3, -0.25) is 18.7 Å². The number of fused-ring (bicyclic) bond motifs is 1. The number of benzene rings is 4. The molecule has 19 nitrogen and oxygen atoms in total. The van der Waals surface area contributed by atoms with E-state index in [1.165, 1.54) is 36.4 Å². The molecule has 4 aromatic rings. The number of hydrogen-bond acceptors (Lipinski definition) is 15. The molecule has 0 aromatic heterocycles. The van der Waals surface area contributed by atoms with E-state index in [0.717, 1.165) is 35.9 Å². The second-order valence-electron chi connectivity index (χ2n) is 11.3. The number of carbonyl (C=O) groups excluding carboxylic acids is 2. The summed E-state index contributed by atoms with van der Waals surface area (Å²) in [4.78, 5) is 23.2. The molecule has 4 rings (SSSR count). The van der Waals surface area contributed by atoms with E-state index in [1.807, 2.05) is 0 Å². The van der Waals surface area contributed by atoms with E-state index in [1.54, 1.807) is 0 Å². The summed E-state index contributed by atoms with van der Waals surface area (Å²) in [6, 6.07) is 10.8. The molecule has 55 heavy (non-hydrogen) atoms. The minimum Gasteiger partial charge on any atom is -0.507 e. The van der Waals surface area contributed by atoms with Gasteiger partial charge in [0.2, 0.25) is 11.8 Å². The van der Waals surface area contributed by atoms with Crippen LogP contribution in [0.5, 0.6) is 5.75 Å². The maximum absolute atomic E-state index is 13.0. The number of rotatable bonds is 15. The van der Waals surface area contributed by atoms with Crippen molar-refractivity contribution in [2.75, 3.05) is 16.4 Å². The summed E-state index contributed by atoms with van der Waals surface area (Å²) in [6.45, 7) is 7.58. The van der Waals surface area contributed by atoms with Crippen molar-refractivity contribution >= 4 is 96.6 Å². The minimum absolute atomic E-state index is 0.0250. The van der Waals surface area contributed by atoms with Gasteiger partial charge < -0.3 is 15.7 Å². The number of hydrogen-bond donors (Lipinski definition) is 5. The Hall–Kier alpha value is -5.72. The Kier molecular flexibility index (Phi) is 12.5. The number of sulfone groups is 2. The van der Waals surface area contributed by atoms with Gasteiger partial charge in [-0.05, 0) is 60.3 Å². The van der Waals surface area contributed by atoms with Gasteiger partial charge in [0, 0.05) is 30.2 Å². The van der Waals surface area contributed by atoms with Crippen LogP contribution in [0.1, 0.15) is 19.8 Å². The summed E-state index contributed by atoms with van der Waals surface area (Å²) in [5.41, 5.74) is -1.70. The second-order valence-corrected chi connectivity index (χ2v) is 18.0. The number of phenolic OH excluding ortho intramolecular Hbond substituents is 1. The van der Waals surface area contributed by atoms with Crippen molar-refractivity contribution < 1.29 is 57.5 Å². The topological polar surface area (TPSA) is 305 Å². The summed E-state index contributed by atoms with van der Waals surface area (Å²) in [5, 5.41) is 32.8. The number of carbonyl (C=O) groups is 2. The molecule has 0 aliphatic carbocycles. The number of amides is 2. The molecule has 0 bridgehead atoms. The summed E-state index contributed by atoms with van der Waals surface area (Å²) in [7, 11) is -17.4. The highest BCUT2D eigenvalue weighted by atomic mass is 32.2. The Morgan fingerprint density at radius 2 is 1.38 bits per heavy atom. The Morgan fingerprint density at radius 1 is 0.727 bits per heavy atom. The fraction of sp³-hybridized carbons (Fsp3) is 0.125. The van der Waals surface area contributed by atoms with Crippen molar-refractivity contribution in [3.63, 3.8) is 0 Å². The standard InChI is InChI=1S/C32H30N6O13S4/c1-4-52(42,43)14-6-7-30(41)34-25-17-27(29(55(49,50)51)18-26(25)36-35-21-9-11-22(12-10-21)53(44,45)5-2)37-38-32-24(33-19(3)39)13-8-20-15-23(54(46,47)48)16-28(40)31(20)32/h4-5,8-13,15-18,40H,1-2,6-7,14H2,3H3,(H,33,39)(H,34,41)(H,46,47,48)(H,49,50,51). The van der Waals surface area contributed by atoms with E-state index >= 15 is 0 Å². The average Bonchev–Trinajstić information content (AvgIpc) is 3.09. The molecule has 0 aliphatic heterocycles. The van der Waals surface area contributed by atoms with Gasteiger partial charge in [-0.1, -0.05) is 19.2 Å². The van der Waals surface area contributed by atoms with Crippen LogP contribution in [0, 0.1) is 0 Å². The Morgan fingerprint density at radius 3 is 1.96 bits per heavy atom. The Labute approximate surface area is 314 Å². The number of aromatic hydroxyl groups is 1. The molecule has 0 spiro atoms.